The number of aliphatic hydroxyl groups is 1. The number of aliphatic hydroxyl groups excluding tert-OH is 1. The minimum Gasteiger partial charge on any atom is -0.392 e. The van der Waals surface area contributed by atoms with E-state index in [9.17, 15) is 9.90 Å². The average Bonchev–Trinajstić information content (AvgIpc) is 3.77. The number of carbonyl (C=O) groups is 1. The van der Waals surface area contributed by atoms with Crippen LogP contribution in [-0.2, 0) is 42.7 Å². The fourth-order valence-corrected chi connectivity index (χ4v) is 11.3. The van der Waals surface area contributed by atoms with Crippen molar-refractivity contribution in [2.45, 2.75) is 195 Å². The molecule has 51 heavy (non-hydrogen) atoms. The summed E-state index contributed by atoms with van der Waals surface area (Å²) in [5.41, 5.74) is 8.06. The largest absolute Gasteiger partial charge is 0.392 e. The summed E-state index contributed by atoms with van der Waals surface area (Å²) in [7, 11) is 0. The van der Waals surface area contributed by atoms with E-state index in [4.69, 9.17) is 43.6 Å². The number of Topliss-reactive ketones (excluding diaryl/α,β-unsaturated/α-hetero) is 1. The first kappa shape index (κ1) is 35.5. The lowest BCUT2D eigenvalue weighted by Crippen LogP contribution is -2.61. The average molecular weight is 714 g/mol. The second kappa shape index (κ2) is 13.8. The lowest BCUT2D eigenvalue weighted by Gasteiger charge is -2.47. The number of ether oxygens (including phenoxy) is 8. The fraction of sp³-hybridized carbons (Fsp3) is 0.875. The first-order valence-electron chi connectivity index (χ1n) is 20.1. The van der Waals surface area contributed by atoms with Crippen LogP contribution in [-0.4, -0.2) is 115 Å². The maximum absolute atomic E-state index is 14.0. The van der Waals surface area contributed by atoms with Crippen LogP contribution >= 0.6 is 0 Å². The van der Waals surface area contributed by atoms with Gasteiger partial charge >= 0.3 is 0 Å². The zero-order valence-corrected chi connectivity index (χ0v) is 30.4. The van der Waals surface area contributed by atoms with Gasteiger partial charge in [-0.2, -0.15) is 0 Å². The molecule has 284 valence electrons. The Labute approximate surface area is 302 Å². The van der Waals surface area contributed by atoms with Crippen LogP contribution in [0.3, 0.4) is 0 Å². The summed E-state index contributed by atoms with van der Waals surface area (Å²) in [5, 5.41) is 10.5. The molecule has 0 aromatic heterocycles. The van der Waals surface area contributed by atoms with Gasteiger partial charge in [-0.3, -0.25) is 4.79 Å². The van der Waals surface area contributed by atoms with Gasteiger partial charge in [-0.15, -0.1) is 0 Å². The molecule has 10 aliphatic rings. The standard InChI is InChI=1S/C40H59NO10/c1-19-11-25-5-7-29-20(2)12-27(44-29)9-10-40-17-34-36(50-40)37-38(49-34)39(51-40)35-30(48-37)8-6-26(46-35)13-23(42)14-28-22(4)31(15-24(43)18-41)47-33(28)16-32(45-25)21(19)3/h19,22,24-39,43H,2-3,5-18,41H2,1,4H3/t19-,22-,24+,25+,26-,27+,28-,29+,30+,31-,32-,33+,34-,35+,36+,37+,38?,39+,40+/m1/s1. The molecule has 10 heterocycles. The smallest absolute Gasteiger partial charge is 0.172 e. The van der Waals surface area contributed by atoms with E-state index in [1.54, 1.807) is 0 Å². The summed E-state index contributed by atoms with van der Waals surface area (Å²) in [4.78, 5) is 14.0. The van der Waals surface area contributed by atoms with E-state index >= 15 is 0 Å². The molecule has 0 amide bonds. The third-order valence-corrected chi connectivity index (χ3v) is 14.2. The first-order chi connectivity index (χ1) is 24.6. The molecule has 19 atom stereocenters. The molecule has 1 spiro atoms. The highest BCUT2D eigenvalue weighted by Crippen LogP contribution is 2.54. The molecule has 0 aromatic rings. The summed E-state index contributed by atoms with van der Waals surface area (Å²) in [5.74, 6) is -0.222. The van der Waals surface area contributed by atoms with Crippen LogP contribution in [0, 0.1) is 17.8 Å². The van der Waals surface area contributed by atoms with Crippen molar-refractivity contribution in [3.8, 4) is 0 Å². The van der Waals surface area contributed by atoms with Crippen molar-refractivity contribution in [2.75, 3.05) is 6.54 Å². The van der Waals surface area contributed by atoms with Crippen LogP contribution in [0.2, 0.25) is 0 Å². The summed E-state index contributed by atoms with van der Waals surface area (Å²) in [6.07, 6.45) is 6.43. The molecule has 11 nitrogen and oxygen atoms in total. The van der Waals surface area contributed by atoms with Crippen molar-refractivity contribution in [3.05, 3.63) is 24.3 Å². The van der Waals surface area contributed by atoms with Gasteiger partial charge in [0.25, 0.3) is 0 Å². The van der Waals surface area contributed by atoms with E-state index in [1.165, 1.54) is 0 Å². The summed E-state index contributed by atoms with van der Waals surface area (Å²) < 4.78 is 54.0. The van der Waals surface area contributed by atoms with Gasteiger partial charge in [0.1, 0.15) is 36.3 Å². The molecule has 12 bridgehead atoms. The quantitative estimate of drug-likeness (QED) is 0.410. The Hall–Kier alpha value is -1.25. The highest BCUT2D eigenvalue weighted by atomic mass is 16.8. The highest BCUT2D eigenvalue weighted by Gasteiger charge is 2.68. The van der Waals surface area contributed by atoms with Crippen molar-refractivity contribution < 1.29 is 47.8 Å². The van der Waals surface area contributed by atoms with E-state index < -0.39 is 11.9 Å². The third-order valence-electron chi connectivity index (χ3n) is 14.2. The third kappa shape index (κ3) is 6.53. The molecule has 1 unspecified atom stereocenters. The number of hydrogen-bond acceptors (Lipinski definition) is 11. The summed E-state index contributed by atoms with van der Waals surface area (Å²) in [6, 6.07) is 0. The number of fused-ring (bicyclic) bond motifs is 6. The monoisotopic (exact) mass is 713 g/mol. The molecule has 0 aliphatic carbocycles. The summed E-state index contributed by atoms with van der Waals surface area (Å²) in [6.45, 7) is 13.5. The van der Waals surface area contributed by atoms with Crippen molar-refractivity contribution in [1.82, 2.24) is 0 Å². The van der Waals surface area contributed by atoms with Crippen molar-refractivity contribution >= 4 is 5.78 Å². The minimum absolute atomic E-state index is 0.00127. The van der Waals surface area contributed by atoms with Gasteiger partial charge < -0.3 is 48.7 Å². The van der Waals surface area contributed by atoms with Crippen LogP contribution in [0.25, 0.3) is 0 Å². The van der Waals surface area contributed by atoms with Crippen LogP contribution in [0.1, 0.15) is 97.3 Å². The number of nitrogens with two attached hydrogens (primary N) is 1. The molecule has 10 rings (SSSR count). The Bertz CT molecular complexity index is 1360. The van der Waals surface area contributed by atoms with Crippen LogP contribution in [0.5, 0.6) is 0 Å². The maximum atomic E-state index is 14.0. The highest BCUT2D eigenvalue weighted by molar-refractivity contribution is 5.79. The van der Waals surface area contributed by atoms with Crippen molar-refractivity contribution in [3.63, 3.8) is 0 Å². The molecule has 10 fully saturated rings. The van der Waals surface area contributed by atoms with Crippen LogP contribution in [0.15, 0.2) is 24.3 Å². The zero-order valence-electron chi connectivity index (χ0n) is 30.4. The number of ketones is 1. The second-order valence-electron chi connectivity index (χ2n) is 17.6. The van der Waals surface area contributed by atoms with Crippen LogP contribution in [0.4, 0.5) is 0 Å². The van der Waals surface area contributed by atoms with E-state index in [1.807, 2.05) is 0 Å². The second-order valence-corrected chi connectivity index (χ2v) is 17.6. The van der Waals surface area contributed by atoms with Crippen molar-refractivity contribution in [2.24, 2.45) is 23.5 Å². The van der Waals surface area contributed by atoms with Gasteiger partial charge in [0, 0.05) is 45.1 Å². The molecule has 0 aromatic carbocycles. The Morgan fingerprint density at radius 3 is 2.35 bits per heavy atom. The molecule has 0 saturated carbocycles. The Morgan fingerprint density at radius 1 is 0.765 bits per heavy atom. The van der Waals surface area contributed by atoms with Crippen molar-refractivity contribution in [1.29, 1.82) is 0 Å². The molecule has 10 aliphatic heterocycles. The predicted molar refractivity (Wildman–Crippen MR) is 185 cm³/mol. The van der Waals surface area contributed by atoms with Gasteiger partial charge in [-0.05, 0) is 73.8 Å². The topological polar surface area (TPSA) is 137 Å². The summed E-state index contributed by atoms with van der Waals surface area (Å²) >= 11 is 0. The molecule has 3 N–H and O–H groups in total. The van der Waals surface area contributed by atoms with E-state index in [2.05, 4.69) is 27.0 Å². The fourth-order valence-electron chi connectivity index (χ4n) is 11.3. The maximum Gasteiger partial charge on any atom is 0.172 e. The van der Waals surface area contributed by atoms with E-state index in [0.29, 0.717) is 44.4 Å². The van der Waals surface area contributed by atoms with Gasteiger partial charge in [-0.25, -0.2) is 0 Å². The lowest BCUT2D eigenvalue weighted by molar-refractivity contribution is -0.292. The Kier molecular flexibility index (Phi) is 9.59. The molecular formula is C40H59NO10. The zero-order chi connectivity index (χ0) is 35.2. The molecule has 10 saturated heterocycles. The van der Waals surface area contributed by atoms with Gasteiger partial charge in [0.15, 0.2) is 5.79 Å². The number of hydrogen-bond donors (Lipinski definition) is 2. The van der Waals surface area contributed by atoms with Gasteiger partial charge in [-0.1, -0.05) is 27.0 Å². The predicted octanol–water partition coefficient (Wildman–Crippen LogP) is 4.06. The minimum atomic E-state index is -0.765. The molecule has 0 radical (unpaired) electrons. The molecular weight excluding hydrogens is 654 g/mol. The first-order valence-corrected chi connectivity index (χ1v) is 20.1. The van der Waals surface area contributed by atoms with Crippen LogP contribution < -0.4 is 5.73 Å². The normalized spacial score (nSPS) is 53.2. The Balaban J connectivity index is 0.986. The van der Waals surface area contributed by atoms with E-state index in [-0.39, 0.29) is 110 Å². The SMILES string of the molecule is C=C1C[C@@H]2CC[C@@]34C[C@H]5OC6[C@@H](O[C@H]7CC[C@H](CC(=O)C[C@@H]8[C@@H](C)[C@@H](C[C@H](O)CN)O[C@H]8C[C@H]8O[C@@H](CC[C@@H]1O2)C[C@@H](C)C8=C)O[C@@H]7[C@@H]6O3)[C@H]5O4. The lowest BCUT2D eigenvalue weighted by atomic mass is 9.78. The number of rotatable bonds is 3. The molecule has 11 heteroatoms. The number of carbonyl (C=O) groups excluding carboxylic acids is 1. The van der Waals surface area contributed by atoms with Gasteiger partial charge in [0.05, 0.1) is 61.0 Å². The Morgan fingerprint density at radius 2 is 1.51 bits per heavy atom. The van der Waals surface area contributed by atoms with E-state index in [0.717, 1.165) is 56.1 Å². The van der Waals surface area contributed by atoms with Gasteiger partial charge in [0.2, 0.25) is 0 Å².